The van der Waals surface area contributed by atoms with Gasteiger partial charge in [0, 0.05) is 19.6 Å². The van der Waals surface area contributed by atoms with Gasteiger partial charge in [-0.1, -0.05) is 0 Å². The Bertz CT molecular complexity index is 363. The lowest BCUT2D eigenvalue weighted by molar-refractivity contribution is -0.380. The van der Waals surface area contributed by atoms with E-state index in [-0.39, 0.29) is 5.00 Å². The Labute approximate surface area is 91.1 Å². The van der Waals surface area contributed by atoms with Gasteiger partial charge in [-0.15, -0.1) is 0 Å². The van der Waals surface area contributed by atoms with Crippen molar-refractivity contribution in [1.29, 1.82) is 0 Å². The van der Waals surface area contributed by atoms with Gasteiger partial charge in [0.1, 0.15) is 6.20 Å². The van der Waals surface area contributed by atoms with Gasteiger partial charge in [-0.25, -0.2) is 4.98 Å². The maximum Gasteiger partial charge on any atom is 0.345 e. The molecule has 0 unspecified atom stereocenters. The molecule has 0 atom stereocenters. The van der Waals surface area contributed by atoms with E-state index in [1.54, 1.807) is 0 Å². The Balaban J connectivity index is 2.15. The van der Waals surface area contributed by atoms with E-state index < -0.39 is 4.92 Å². The normalized spacial score (nSPS) is 16.1. The van der Waals surface area contributed by atoms with Crippen LogP contribution in [0.3, 0.4) is 0 Å². The van der Waals surface area contributed by atoms with E-state index >= 15 is 0 Å². The highest BCUT2D eigenvalue weighted by Gasteiger charge is 2.26. The van der Waals surface area contributed by atoms with Gasteiger partial charge < -0.3 is 10.2 Å². The van der Waals surface area contributed by atoms with Crippen LogP contribution in [0.4, 0.5) is 10.1 Å². The Morgan fingerprint density at radius 1 is 1.80 bits per heavy atom. The highest BCUT2D eigenvalue weighted by atomic mass is 32.1. The summed E-state index contributed by atoms with van der Waals surface area (Å²) >= 11 is 1.14. The van der Waals surface area contributed by atoms with Gasteiger partial charge >= 0.3 is 5.00 Å². The van der Waals surface area contributed by atoms with Crippen LogP contribution in [0.2, 0.25) is 0 Å². The fourth-order valence-corrected chi connectivity index (χ4v) is 2.39. The van der Waals surface area contributed by atoms with Crippen molar-refractivity contribution in [1.82, 2.24) is 10.3 Å². The second-order valence-corrected chi connectivity index (χ2v) is 4.32. The molecule has 6 nitrogen and oxygen atoms in total. The number of nitrogens with zero attached hydrogens (tertiary/aromatic N) is 3. The van der Waals surface area contributed by atoms with Gasteiger partial charge in [0.05, 0.1) is 11.0 Å². The molecule has 1 aromatic rings. The smallest absolute Gasteiger partial charge is 0.343 e. The Kier molecular flexibility index (Phi) is 2.83. The number of thiazole rings is 1. The predicted octanol–water partition coefficient (Wildman–Crippen LogP) is 0.849. The maximum atomic E-state index is 10.5. The Morgan fingerprint density at radius 3 is 2.93 bits per heavy atom. The van der Waals surface area contributed by atoms with Gasteiger partial charge in [-0.2, -0.15) is 0 Å². The van der Waals surface area contributed by atoms with Gasteiger partial charge in [-0.3, -0.25) is 10.1 Å². The van der Waals surface area contributed by atoms with E-state index in [1.165, 1.54) is 6.20 Å². The Morgan fingerprint density at radius 2 is 2.53 bits per heavy atom. The molecule has 0 aliphatic carbocycles. The zero-order valence-corrected chi connectivity index (χ0v) is 9.16. The summed E-state index contributed by atoms with van der Waals surface area (Å²) < 4.78 is 0. The van der Waals surface area contributed by atoms with Crippen LogP contribution in [0, 0.1) is 10.1 Å². The van der Waals surface area contributed by atoms with Crippen molar-refractivity contribution in [2.24, 2.45) is 0 Å². The molecule has 1 aliphatic rings. The minimum atomic E-state index is -0.395. The molecule has 2 rings (SSSR count). The maximum absolute atomic E-state index is 10.5. The average molecular weight is 228 g/mol. The quantitative estimate of drug-likeness (QED) is 0.611. The summed E-state index contributed by atoms with van der Waals surface area (Å²) in [5, 5.41) is 14.6. The summed E-state index contributed by atoms with van der Waals surface area (Å²) in [4.78, 5) is 16.3. The first-order chi connectivity index (χ1) is 7.22. The fraction of sp³-hybridized carbons (Fsp3) is 0.625. The molecule has 1 aromatic heterocycles. The second-order valence-electron chi connectivity index (χ2n) is 3.34. The average Bonchev–Trinajstić information content (AvgIpc) is 2.59. The predicted molar refractivity (Wildman–Crippen MR) is 58.4 cm³/mol. The minimum Gasteiger partial charge on any atom is -0.343 e. The molecule has 0 bridgehead atoms. The van der Waals surface area contributed by atoms with Crippen LogP contribution in [-0.4, -0.2) is 35.6 Å². The second kappa shape index (κ2) is 4.11. The van der Waals surface area contributed by atoms with E-state index in [1.807, 2.05) is 6.92 Å². The molecule has 2 heterocycles. The van der Waals surface area contributed by atoms with Crippen LogP contribution in [0.1, 0.15) is 6.92 Å². The molecular weight excluding hydrogens is 216 g/mol. The molecule has 7 heteroatoms. The number of rotatable bonds is 4. The summed E-state index contributed by atoms with van der Waals surface area (Å²) in [5.74, 6) is 0. The third-order valence-electron chi connectivity index (χ3n) is 2.45. The zero-order chi connectivity index (χ0) is 10.8. The van der Waals surface area contributed by atoms with Crippen molar-refractivity contribution in [2.75, 3.05) is 24.5 Å². The largest absolute Gasteiger partial charge is 0.345 e. The van der Waals surface area contributed by atoms with Crippen molar-refractivity contribution in [3.05, 3.63) is 16.3 Å². The van der Waals surface area contributed by atoms with Crippen LogP contribution in [0.25, 0.3) is 0 Å². The molecular formula is C8H12N4O2S. The van der Waals surface area contributed by atoms with Crippen molar-refractivity contribution >= 4 is 21.5 Å². The number of hydrogen-bond acceptors (Lipinski definition) is 6. The number of aromatic nitrogens is 1. The lowest BCUT2D eigenvalue weighted by Gasteiger charge is -2.37. The van der Waals surface area contributed by atoms with Crippen molar-refractivity contribution in [3.63, 3.8) is 0 Å². The van der Waals surface area contributed by atoms with Crippen molar-refractivity contribution in [3.8, 4) is 0 Å². The number of nitrogens with one attached hydrogen (secondary N) is 1. The van der Waals surface area contributed by atoms with Crippen LogP contribution in [-0.2, 0) is 0 Å². The highest BCUT2D eigenvalue weighted by molar-refractivity contribution is 7.18. The standard InChI is InChI=1S/C8H12N4O2S/c1-2-11(6-3-9-4-6)8-10-5-7(15-8)12(13)14/h5-6,9H,2-4H2,1H3. The number of likely N-dealkylation sites (N-methyl/N-ethyl adjacent to an activating group) is 1. The molecule has 0 amide bonds. The summed E-state index contributed by atoms with van der Waals surface area (Å²) in [6.07, 6.45) is 1.33. The fourth-order valence-electron chi connectivity index (χ4n) is 1.52. The van der Waals surface area contributed by atoms with Crippen molar-refractivity contribution in [2.45, 2.75) is 13.0 Å². The van der Waals surface area contributed by atoms with E-state index in [0.717, 1.165) is 36.1 Å². The summed E-state index contributed by atoms with van der Waals surface area (Å²) in [6.45, 7) is 4.73. The molecule has 15 heavy (non-hydrogen) atoms. The third kappa shape index (κ3) is 1.93. The molecule has 1 fully saturated rings. The first kappa shape index (κ1) is 10.3. The van der Waals surface area contributed by atoms with Gasteiger partial charge in [-0.05, 0) is 18.3 Å². The number of anilines is 1. The van der Waals surface area contributed by atoms with Gasteiger partial charge in [0.25, 0.3) is 0 Å². The van der Waals surface area contributed by atoms with E-state index in [2.05, 4.69) is 15.2 Å². The highest BCUT2D eigenvalue weighted by Crippen LogP contribution is 2.29. The summed E-state index contributed by atoms with van der Waals surface area (Å²) in [6, 6.07) is 0.431. The van der Waals surface area contributed by atoms with Crippen LogP contribution < -0.4 is 10.2 Å². The van der Waals surface area contributed by atoms with Crippen molar-refractivity contribution < 1.29 is 4.92 Å². The minimum absolute atomic E-state index is 0.107. The molecule has 1 N–H and O–H groups in total. The zero-order valence-electron chi connectivity index (χ0n) is 8.34. The summed E-state index contributed by atoms with van der Waals surface area (Å²) in [7, 11) is 0. The molecule has 0 aromatic carbocycles. The Hall–Kier alpha value is -1.21. The van der Waals surface area contributed by atoms with Gasteiger partial charge in [0.15, 0.2) is 5.13 Å². The first-order valence-corrected chi connectivity index (χ1v) is 5.61. The summed E-state index contributed by atoms with van der Waals surface area (Å²) in [5.41, 5.74) is 0. The molecule has 82 valence electrons. The molecule has 0 radical (unpaired) electrons. The molecule has 1 aliphatic heterocycles. The van der Waals surface area contributed by atoms with Gasteiger partial charge in [0.2, 0.25) is 0 Å². The monoisotopic (exact) mass is 228 g/mol. The molecule has 1 saturated heterocycles. The SMILES string of the molecule is CCN(c1ncc([N+](=O)[O-])s1)C1CNC1. The number of hydrogen-bond donors (Lipinski definition) is 1. The van der Waals surface area contributed by atoms with E-state index in [4.69, 9.17) is 0 Å². The third-order valence-corrected chi connectivity index (χ3v) is 3.43. The van der Waals surface area contributed by atoms with E-state index in [9.17, 15) is 10.1 Å². The van der Waals surface area contributed by atoms with Crippen LogP contribution in [0.15, 0.2) is 6.20 Å². The van der Waals surface area contributed by atoms with E-state index in [0.29, 0.717) is 6.04 Å². The topological polar surface area (TPSA) is 71.3 Å². The molecule has 0 spiro atoms. The molecule has 0 saturated carbocycles. The van der Waals surface area contributed by atoms with Crippen LogP contribution in [0.5, 0.6) is 0 Å². The lowest BCUT2D eigenvalue weighted by atomic mass is 10.1. The van der Waals surface area contributed by atoms with Crippen LogP contribution >= 0.6 is 11.3 Å². The number of nitro groups is 1. The first-order valence-electron chi connectivity index (χ1n) is 4.80. The lowest BCUT2D eigenvalue weighted by Crippen LogP contribution is -2.57.